The molecule has 1 saturated carbocycles. The van der Waals surface area contributed by atoms with E-state index in [1.54, 1.807) is 6.20 Å². The third-order valence-corrected chi connectivity index (χ3v) is 4.64. The van der Waals surface area contributed by atoms with Crippen LogP contribution in [0.5, 0.6) is 0 Å². The van der Waals surface area contributed by atoms with Crippen molar-refractivity contribution in [1.82, 2.24) is 14.9 Å². The molecule has 0 bridgehead atoms. The summed E-state index contributed by atoms with van der Waals surface area (Å²) in [6.07, 6.45) is 9.37. The van der Waals surface area contributed by atoms with Crippen LogP contribution in [0.15, 0.2) is 17.2 Å². The van der Waals surface area contributed by atoms with Crippen molar-refractivity contribution < 1.29 is 0 Å². The molecule has 2 aliphatic rings. The molecule has 1 saturated heterocycles. The van der Waals surface area contributed by atoms with Crippen molar-refractivity contribution in [3.05, 3.63) is 22.7 Å². The highest BCUT2D eigenvalue weighted by Gasteiger charge is 2.31. The number of hydrogen-bond acceptors (Lipinski definition) is 4. The molecule has 5 nitrogen and oxygen atoms in total. The van der Waals surface area contributed by atoms with Gasteiger partial charge in [0.1, 0.15) is 0 Å². The molecular formula is C15H24N4O. The van der Waals surface area contributed by atoms with Gasteiger partial charge >= 0.3 is 0 Å². The first-order chi connectivity index (χ1) is 9.72. The van der Waals surface area contributed by atoms with Crippen molar-refractivity contribution >= 4 is 5.82 Å². The molecular weight excluding hydrogens is 252 g/mol. The monoisotopic (exact) mass is 276 g/mol. The second-order valence-corrected chi connectivity index (χ2v) is 6.03. The molecule has 3 rings (SSSR count). The summed E-state index contributed by atoms with van der Waals surface area (Å²) in [6, 6.07) is 1.14. The zero-order valence-electron chi connectivity index (χ0n) is 12.4. The Balaban J connectivity index is 1.93. The predicted molar refractivity (Wildman–Crippen MR) is 80.3 cm³/mol. The number of hydrogen-bond donors (Lipinski definition) is 1. The summed E-state index contributed by atoms with van der Waals surface area (Å²) in [4.78, 5) is 19.3. The van der Waals surface area contributed by atoms with Gasteiger partial charge in [0.2, 0.25) is 0 Å². The average molecular weight is 276 g/mol. The van der Waals surface area contributed by atoms with Crippen LogP contribution in [-0.2, 0) is 0 Å². The van der Waals surface area contributed by atoms with E-state index in [1.165, 1.54) is 6.42 Å². The van der Waals surface area contributed by atoms with Gasteiger partial charge in [-0.15, -0.1) is 0 Å². The standard InChI is InChI=1S/C15H24N4O/c1-11(16-2)13-5-3-4-9-19(13)14-15(20)18(10-8-17-14)12-6-7-12/h8,10-13,16H,3-7,9H2,1-2H3. The molecule has 1 aliphatic heterocycles. The molecule has 2 atom stereocenters. The Kier molecular flexibility index (Phi) is 3.78. The van der Waals surface area contributed by atoms with Crippen LogP contribution in [0.1, 0.15) is 45.1 Å². The minimum atomic E-state index is 0.0882. The number of anilines is 1. The van der Waals surface area contributed by atoms with Gasteiger partial charge in [-0.3, -0.25) is 4.79 Å². The van der Waals surface area contributed by atoms with Crippen LogP contribution in [0, 0.1) is 0 Å². The van der Waals surface area contributed by atoms with E-state index >= 15 is 0 Å². The Morgan fingerprint density at radius 1 is 1.35 bits per heavy atom. The second kappa shape index (κ2) is 5.56. The quantitative estimate of drug-likeness (QED) is 0.906. The van der Waals surface area contributed by atoms with Crippen LogP contribution in [0.25, 0.3) is 0 Å². The predicted octanol–water partition coefficient (Wildman–Crippen LogP) is 1.54. The molecule has 1 aliphatic carbocycles. The fourth-order valence-electron chi connectivity index (χ4n) is 3.18. The summed E-state index contributed by atoms with van der Waals surface area (Å²) >= 11 is 0. The molecule has 0 radical (unpaired) electrons. The lowest BCUT2D eigenvalue weighted by Crippen LogP contribution is -2.52. The van der Waals surface area contributed by atoms with Crippen LogP contribution in [0.4, 0.5) is 5.82 Å². The Morgan fingerprint density at radius 3 is 2.85 bits per heavy atom. The van der Waals surface area contributed by atoms with Crippen LogP contribution >= 0.6 is 0 Å². The highest BCUT2D eigenvalue weighted by molar-refractivity contribution is 5.39. The first-order valence-electron chi connectivity index (χ1n) is 7.73. The normalized spacial score (nSPS) is 24.7. The third kappa shape index (κ3) is 2.46. The lowest BCUT2D eigenvalue weighted by Gasteiger charge is -2.39. The molecule has 1 aromatic rings. The summed E-state index contributed by atoms with van der Waals surface area (Å²) in [6.45, 7) is 3.12. The van der Waals surface area contributed by atoms with Gasteiger partial charge in [-0.25, -0.2) is 4.98 Å². The van der Waals surface area contributed by atoms with Gasteiger partial charge in [-0.1, -0.05) is 0 Å². The van der Waals surface area contributed by atoms with Gasteiger partial charge in [-0.2, -0.15) is 0 Å². The maximum absolute atomic E-state index is 12.6. The highest BCUT2D eigenvalue weighted by Crippen LogP contribution is 2.33. The van der Waals surface area contributed by atoms with Crippen molar-refractivity contribution in [3.63, 3.8) is 0 Å². The van der Waals surface area contributed by atoms with E-state index in [2.05, 4.69) is 22.1 Å². The lowest BCUT2D eigenvalue weighted by atomic mass is 9.96. The molecule has 1 N–H and O–H groups in total. The van der Waals surface area contributed by atoms with Crippen molar-refractivity contribution in [3.8, 4) is 0 Å². The lowest BCUT2D eigenvalue weighted by molar-refractivity contribution is 0.378. The van der Waals surface area contributed by atoms with Gasteiger partial charge < -0.3 is 14.8 Å². The minimum absolute atomic E-state index is 0.0882. The van der Waals surface area contributed by atoms with Crippen molar-refractivity contribution in [2.75, 3.05) is 18.5 Å². The molecule has 2 heterocycles. The molecule has 2 unspecified atom stereocenters. The highest BCUT2D eigenvalue weighted by atomic mass is 16.1. The zero-order valence-corrected chi connectivity index (χ0v) is 12.4. The fourth-order valence-corrected chi connectivity index (χ4v) is 3.18. The van der Waals surface area contributed by atoms with Crippen LogP contribution in [-0.4, -0.2) is 35.2 Å². The average Bonchev–Trinajstić information content (AvgIpc) is 3.31. The maximum atomic E-state index is 12.6. The summed E-state index contributed by atoms with van der Waals surface area (Å²) < 4.78 is 1.87. The summed E-state index contributed by atoms with van der Waals surface area (Å²) in [5, 5.41) is 3.33. The largest absolute Gasteiger partial charge is 0.347 e. The van der Waals surface area contributed by atoms with Crippen LogP contribution < -0.4 is 15.8 Å². The van der Waals surface area contributed by atoms with Gasteiger partial charge in [0.05, 0.1) is 0 Å². The Morgan fingerprint density at radius 2 is 2.15 bits per heavy atom. The van der Waals surface area contributed by atoms with E-state index in [1.807, 2.05) is 17.8 Å². The Labute approximate surface area is 120 Å². The van der Waals surface area contributed by atoms with Gasteiger partial charge in [-0.05, 0) is 46.1 Å². The van der Waals surface area contributed by atoms with Crippen molar-refractivity contribution in [2.45, 2.75) is 57.2 Å². The SMILES string of the molecule is CNC(C)C1CCCCN1c1nccn(C2CC2)c1=O. The third-order valence-electron chi connectivity index (χ3n) is 4.64. The number of likely N-dealkylation sites (N-methyl/N-ethyl adjacent to an activating group) is 1. The van der Waals surface area contributed by atoms with Gasteiger partial charge in [0.15, 0.2) is 5.82 Å². The molecule has 110 valence electrons. The molecule has 0 amide bonds. The summed E-state index contributed by atoms with van der Waals surface area (Å²) in [7, 11) is 1.98. The smallest absolute Gasteiger partial charge is 0.293 e. The minimum Gasteiger partial charge on any atom is -0.347 e. The summed E-state index contributed by atoms with van der Waals surface area (Å²) in [5.74, 6) is 0.645. The second-order valence-electron chi connectivity index (χ2n) is 6.03. The van der Waals surface area contributed by atoms with E-state index in [0.717, 1.165) is 32.2 Å². The number of nitrogens with one attached hydrogen (secondary N) is 1. The molecule has 0 aromatic carbocycles. The molecule has 5 heteroatoms. The molecule has 2 fully saturated rings. The first kappa shape index (κ1) is 13.6. The number of aromatic nitrogens is 2. The molecule has 20 heavy (non-hydrogen) atoms. The maximum Gasteiger partial charge on any atom is 0.293 e. The van der Waals surface area contributed by atoms with E-state index in [0.29, 0.717) is 23.9 Å². The van der Waals surface area contributed by atoms with Crippen molar-refractivity contribution in [2.24, 2.45) is 0 Å². The van der Waals surface area contributed by atoms with E-state index in [9.17, 15) is 4.79 Å². The van der Waals surface area contributed by atoms with Gasteiger partial charge in [0.25, 0.3) is 5.56 Å². The van der Waals surface area contributed by atoms with Crippen molar-refractivity contribution in [1.29, 1.82) is 0 Å². The number of piperidine rings is 1. The van der Waals surface area contributed by atoms with Crippen LogP contribution in [0.2, 0.25) is 0 Å². The summed E-state index contributed by atoms with van der Waals surface area (Å²) in [5.41, 5.74) is 0.0882. The topological polar surface area (TPSA) is 50.2 Å². The Bertz CT molecular complexity index is 523. The number of rotatable bonds is 4. The van der Waals surface area contributed by atoms with E-state index in [-0.39, 0.29) is 5.56 Å². The van der Waals surface area contributed by atoms with Gasteiger partial charge in [0, 0.05) is 37.1 Å². The molecule has 0 spiro atoms. The molecule has 1 aromatic heterocycles. The number of nitrogens with zero attached hydrogens (tertiary/aromatic N) is 3. The van der Waals surface area contributed by atoms with E-state index < -0.39 is 0 Å². The first-order valence-corrected chi connectivity index (χ1v) is 7.73. The zero-order chi connectivity index (χ0) is 14.1. The van der Waals surface area contributed by atoms with Crippen LogP contribution in [0.3, 0.4) is 0 Å². The Hall–Kier alpha value is -1.36. The van der Waals surface area contributed by atoms with E-state index in [4.69, 9.17) is 0 Å². The fraction of sp³-hybridized carbons (Fsp3) is 0.733.